The van der Waals surface area contributed by atoms with Gasteiger partial charge in [-0.15, -0.1) is 12.1 Å². The van der Waals surface area contributed by atoms with Crippen molar-refractivity contribution in [2.45, 2.75) is 13.8 Å². The first kappa shape index (κ1) is 18.0. The molecule has 12 heavy (non-hydrogen) atoms. The Morgan fingerprint density at radius 1 is 1.00 bits per heavy atom. The van der Waals surface area contributed by atoms with Crippen LogP contribution in [0.3, 0.4) is 0 Å². The van der Waals surface area contributed by atoms with Gasteiger partial charge in [-0.1, -0.05) is 19.9 Å². The Hall–Kier alpha value is 0.154. The van der Waals surface area contributed by atoms with Crippen molar-refractivity contribution in [1.29, 1.82) is 0 Å². The van der Waals surface area contributed by atoms with Crippen LogP contribution in [-0.2, 0) is 32.7 Å². The minimum absolute atomic E-state index is 0. The van der Waals surface area contributed by atoms with Crippen LogP contribution in [0.4, 0.5) is 0 Å². The largest absolute Gasteiger partial charge is 0.400 e. The smallest absolute Gasteiger partial charge is 0.0319 e. The van der Waals surface area contributed by atoms with Crippen LogP contribution in [0.5, 0.6) is 0 Å². The Bertz CT molecular complexity index is 140. The first-order valence-electron chi connectivity index (χ1n) is 3.71. The molecule has 0 spiro atoms. The van der Waals surface area contributed by atoms with Crippen molar-refractivity contribution < 1.29 is 37.8 Å². The summed E-state index contributed by atoms with van der Waals surface area (Å²) < 4.78 is 0. The molecule has 0 aliphatic carbocycles. The summed E-state index contributed by atoms with van der Waals surface area (Å²) in [6.07, 6.45) is 0. The van der Waals surface area contributed by atoms with Gasteiger partial charge in [0, 0.05) is 39.8 Å². The van der Waals surface area contributed by atoms with Crippen molar-refractivity contribution in [1.82, 2.24) is 0 Å². The van der Waals surface area contributed by atoms with Crippen LogP contribution < -0.4 is 0 Å². The van der Waals surface area contributed by atoms with Crippen LogP contribution in [0, 0.1) is 6.92 Å². The standard InChI is InChI=1S/C7H7.C2H6.CH4O.Y/c1-7-5-3-2-4-6-7;2*1-2;/h2-6H,1H2;1-2H3;2H,1H3;/q-1;;;. The SMILES string of the molecule is CC.CO.[CH2-]c1ccccc1.[Y]. The fourth-order valence-corrected chi connectivity index (χ4v) is 0.478. The van der Waals surface area contributed by atoms with Crippen LogP contribution in [0.1, 0.15) is 19.4 Å². The fourth-order valence-electron chi connectivity index (χ4n) is 0.478. The maximum atomic E-state index is 7.00. The van der Waals surface area contributed by atoms with Crippen molar-refractivity contribution in [2.75, 3.05) is 7.11 Å². The predicted octanol–water partition coefficient (Wildman–Crippen LogP) is 2.50. The van der Waals surface area contributed by atoms with Gasteiger partial charge in [-0.3, -0.25) is 0 Å². The van der Waals surface area contributed by atoms with Crippen LogP contribution in [0.15, 0.2) is 30.3 Å². The molecule has 0 saturated carbocycles. The molecule has 67 valence electrons. The number of aliphatic hydroxyl groups excluding tert-OH is 1. The zero-order chi connectivity index (χ0) is 9.11. The van der Waals surface area contributed by atoms with E-state index in [9.17, 15) is 0 Å². The summed E-state index contributed by atoms with van der Waals surface area (Å²) in [5, 5.41) is 7.00. The van der Waals surface area contributed by atoms with Crippen LogP contribution in [-0.4, -0.2) is 12.2 Å². The molecule has 2 heteroatoms. The van der Waals surface area contributed by atoms with E-state index >= 15 is 0 Å². The van der Waals surface area contributed by atoms with E-state index in [4.69, 9.17) is 5.11 Å². The Kier molecular flexibility index (Phi) is 26.0. The number of benzene rings is 1. The molecule has 0 aliphatic rings. The van der Waals surface area contributed by atoms with Gasteiger partial charge in [-0.2, -0.15) is 24.6 Å². The molecule has 0 unspecified atom stereocenters. The van der Waals surface area contributed by atoms with Gasteiger partial charge in [0.05, 0.1) is 0 Å². The second-order valence-electron chi connectivity index (χ2n) is 1.49. The van der Waals surface area contributed by atoms with E-state index in [1.807, 2.05) is 44.2 Å². The summed E-state index contributed by atoms with van der Waals surface area (Å²) in [5.74, 6) is 0. The van der Waals surface area contributed by atoms with E-state index in [-0.39, 0.29) is 32.7 Å². The molecule has 0 atom stereocenters. The molecule has 1 aromatic rings. The Morgan fingerprint density at radius 3 is 1.50 bits per heavy atom. The number of aliphatic hydroxyl groups is 1. The molecular weight excluding hydrogens is 225 g/mol. The molecule has 1 rings (SSSR count). The third-order valence-corrected chi connectivity index (χ3v) is 0.843. The maximum Gasteiger partial charge on any atom is 0.0319 e. The Balaban J connectivity index is -0.000000144. The van der Waals surface area contributed by atoms with Gasteiger partial charge < -0.3 is 5.11 Å². The number of hydrogen-bond donors (Lipinski definition) is 1. The van der Waals surface area contributed by atoms with Crippen molar-refractivity contribution >= 4 is 0 Å². The maximum absolute atomic E-state index is 7.00. The van der Waals surface area contributed by atoms with Crippen molar-refractivity contribution in [2.24, 2.45) is 0 Å². The average molecular weight is 242 g/mol. The van der Waals surface area contributed by atoms with Gasteiger partial charge in [0.2, 0.25) is 0 Å². The van der Waals surface area contributed by atoms with E-state index in [1.165, 1.54) is 0 Å². The molecular formula is C10H17OY-. The summed E-state index contributed by atoms with van der Waals surface area (Å²) >= 11 is 0. The zero-order valence-corrected chi connectivity index (χ0v) is 11.0. The average Bonchev–Trinajstić information content (AvgIpc) is 2.13. The van der Waals surface area contributed by atoms with Crippen LogP contribution in [0.25, 0.3) is 0 Å². The first-order chi connectivity index (χ1) is 5.39. The third-order valence-electron chi connectivity index (χ3n) is 0.843. The van der Waals surface area contributed by atoms with Gasteiger partial charge >= 0.3 is 0 Å². The van der Waals surface area contributed by atoms with Crippen molar-refractivity contribution in [3.05, 3.63) is 42.8 Å². The summed E-state index contributed by atoms with van der Waals surface area (Å²) in [4.78, 5) is 0. The number of rotatable bonds is 0. The second kappa shape index (κ2) is 17.3. The third kappa shape index (κ3) is 12.8. The fraction of sp³-hybridized carbons (Fsp3) is 0.300. The monoisotopic (exact) mass is 242 g/mol. The van der Waals surface area contributed by atoms with Crippen molar-refractivity contribution in [3.8, 4) is 0 Å². The topological polar surface area (TPSA) is 20.2 Å². The summed E-state index contributed by atoms with van der Waals surface area (Å²) in [5.41, 5.74) is 1.07. The van der Waals surface area contributed by atoms with Gasteiger partial charge in [-0.05, 0) is 0 Å². The molecule has 0 amide bonds. The predicted molar refractivity (Wildman–Crippen MR) is 50.4 cm³/mol. The quantitative estimate of drug-likeness (QED) is 0.693. The van der Waals surface area contributed by atoms with Crippen LogP contribution >= 0.6 is 0 Å². The van der Waals surface area contributed by atoms with Gasteiger partial charge in [-0.25, -0.2) is 0 Å². The minimum atomic E-state index is 0. The Morgan fingerprint density at radius 2 is 1.33 bits per heavy atom. The molecule has 0 bridgehead atoms. The molecule has 1 nitrogen and oxygen atoms in total. The molecule has 1 aromatic carbocycles. The Labute approximate surface area is 101 Å². The molecule has 1 N–H and O–H groups in total. The number of hydrogen-bond acceptors (Lipinski definition) is 1. The second-order valence-corrected chi connectivity index (χ2v) is 1.49. The van der Waals surface area contributed by atoms with Gasteiger partial charge in [0.25, 0.3) is 0 Å². The van der Waals surface area contributed by atoms with Crippen molar-refractivity contribution in [3.63, 3.8) is 0 Å². The summed E-state index contributed by atoms with van der Waals surface area (Å²) in [6, 6.07) is 9.87. The van der Waals surface area contributed by atoms with E-state index in [0.29, 0.717) is 0 Å². The van der Waals surface area contributed by atoms with Crippen LogP contribution in [0.2, 0.25) is 0 Å². The van der Waals surface area contributed by atoms with E-state index < -0.39 is 0 Å². The molecule has 1 radical (unpaired) electrons. The molecule has 0 aliphatic heterocycles. The minimum Gasteiger partial charge on any atom is -0.400 e. The normalized spacial score (nSPS) is 6.00. The van der Waals surface area contributed by atoms with E-state index in [2.05, 4.69) is 6.92 Å². The van der Waals surface area contributed by atoms with E-state index in [0.717, 1.165) is 12.7 Å². The summed E-state index contributed by atoms with van der Waals surface area (Å²) in [6.45, 7) is 7.72. The van der Waals surface area contributed by atoms with Gasteiger partial charge in [0.1, 0.15) is 0 Å². The molecule has 0 heterocycles. The molecule has 0 saturated heterocycles. The molecule has 0 aromatic heterocycles. The van der Waals surface area contributed by atoms with E-state index in [1.54, 1.807) is 0 Å². The van der Waals surface area contributed by atoms with Gasteiger partial charge in [0.15, 0.2) is 0 Å². The summed E-state index contributed by atoms with van der Waals surface area (Å²) in [7, 11) is 1.00. The first-order valence-corrected chi connectivity index (χ1v) is 3.71. The zero-order valence-electron chi connectivity index (χ0n) is 8.12. The molecule has 0 fully saturated rings.